The third-order valence-corrected chi connectivity index (χ3v) is 2.05. The normalized spacial score (nSPS) is 10.5. The topological polar surface area (TPSA) is 43.0 Å². The van der Waals surface area contributed by atoms with E-state index in [-0.39, 0.29) is 0 Å². The second-order valence-corrected chi connectivity index (χ2v) is 2.84. The third-order valence-electron chi connectivity index (χ3n) is 2.05. The standard InChI is InChI=1S/C9H11N3/c1-12-5-4-7-6-8(11-10)2-3-9(7)12/h2-6,11H,10H2,1H3. The number of benzene rings is 1. The maximum absolute atomic E-state index is 5.29. The molecule has 0 radical (unpaired) electrons. The lowest BCUT2D eigenvalue weighted by molar-refractivity contribution is 0.969. The van der Waals surface area contributed by atoms with Gasteiger partial charge in [-0.2, -0.15) is 0 Å². The lowest BCUT2D eigenvalue weighted by Gasteiger charge is -2.00. The fraction of sp³-hybridized carbons (Fsp3) is 0.111. The molecule has 12 heavy (non-hydrogen) atoms. The van der Waals surface area contributed by atoms with Crippen molar-refractivity contribution in [2.75, 3.05) is 5.43 Å². The van der Waals surface area contributed by atoms with E-state index in [1.165, 1.54) is 10.9 Å². The Balaban J connectivity index is 2.69. The molecule has 1 heterocycles. The lowest BCUT2D eigenvalue weighted by Crippen LogP contribution is -2.06. The summed E-state index contributed by atoms with van der Waals surface area (Å²) in [4.78, 5) is 0. The number of aryl methyl sites for hydroxylation is 1. The molecule has 0 amide bonds. The van der Waals surface area contributed by atoms with Gasteiger partial charge in [-0.3, -0.25) is 5.84 Å². The fourth-order valence-corrected chi connectivity index (χ4v) is 1.37. The Bertz CT molecular complexity index is 403. The van der Waals surface area contributed by atoms with Crippen molar-refractivity contribution < 1.29 is 0 Å². The molecule has 0 bridgehead atoms. The average molecular weight is 161 g/mol. The van der Waals surface area contributed by atoms with E-state index in [4.69, 9.17) is 5.84 Å². The SMILES string of the molecule is Cn1ccc2cc(NN)ccc21. The molecule has 0 aliphatic rings. The van der Waals surface area contributed by atoms with Crippen LogP contribution in [0, 0.1) is 0 Å². The molecule has 0 saturated heterocycles. The van der Waals surface area contributed by atoms with Crippen LogP contribution in [-0.4, -0.2) is 4.57 Å². The lowest BCUT2D eigenvalue weighted by atomic mass is 10.2. The molecule has 62 valence electrons. The number of nitrogens with zero attached hydrogens (tertiary/aromatic N) is 1. The minimum Gasteiger partial charge on any atom is -0.351 e. The number of nitrogens with one attached hydrogen (secondary N) is 1. The quantitative estimate of drug-likeness (QED) is 0.491. The van der Waals surface area contributed by atoms with Crippen LogP contribution >= 0.6 is 0 Å². The summed E-state index contributed by atoms with van der Waals surface area (Å²) in [5.74, 6) is 5.29. The highest BCUT2D eigenvalue weighted by molar-refractivity contribution is 5.83. The summed E-state index contributed by atoms with van der Waals surface area (Å²) in [6.45, 7) is 0. The van der Waals surface area contributed by atoms with Crippen LogP contribution in [0.2, 0.25) is 0 Å². The van der Waals surface area contributed by atoms with Gasteiger partial charge in [-0.1, -0.05) is 0 Å². The van der Waals surface area contributed by atoms with Crippen LogP contribution in [0.5, 0.6) is 0 Å². The summed E-state index contributed by atoms with van der Waals surface area (Å²) < 4.78 is 2.08. The van der Waals surface area contributed by atoms with Crippen LogP contribution < -0.4 is 11.3 Å². The highest BCUT2D eigenvalue weighted by Gasteiger charge is 1.97. The second kappa shape index (κ2) is 2.53. The van der Waals surface area contributed by atoms with Crippen LogP contribution in [0.25, 0.3) is 10.9 Å². The first-order valence-corrected chi connectivity index (χ1v) is 3.83. The van der Waals surface area contributed by atoms with Crippen LogP contribution in [0.1, 0.15) is 0 Å². The van der Waals surface area contributed by atoms with E-state index in [2.05, 4.69) is 16.1 Å². The van der Waals surface area contributed by atoms with Gasteiger partial charge >= 0.3 is 0 Å². The molecule has 0 aliphatic heterocycles. The highest BCUT2D eigenvalue weighted by atomic mass is 15.2. The van der Waals surface area contributed by atoms with Crippen molar-refractivity contribution in [3.63, 3.8) is 0 Å². The van der Waals surface area contributed by atoms with Crippen molar-refractivity contribution in [1.29, 1.82) is 0 Å². The monoisotopic (exact) mass is 161 g/mol. The summed E-state index contributed by atoms with van der Waals surface area (Å²) in [7, 11) is 2.03. The smallest absolute Gasteiger partial charge is 0.0492 e. The minimum atomic E-state index is 0.939. The van der Waals surface area contributed by atoms with Crippen molar-refractivity contribution >= 4 is 16.6 Å². The number of hydrogen-bond donors (Lipinski definition) is 2. The Morgan fingerprint density at radius 3 is 2.92 bits per heavy atom. The zero-order valence-electron chi connectivity index (χ0n) is 6.91. The Kier molecular flexibility index (Phi) is 1.52. The molecule has 2 rings (SSSR count). The van der Waals surface area contributed by atoms with Gasteiger partial charge in [0.15, 0.2) is 0 Å². The minimum absolute atomic E-state index is 0.939. The number of hydrogen-bond acceptors (Lipinski definition) is 2. The predicted octanol–water partition coefficient (Wildman–Crippen LogP) is 1.46. The van der Waals surface area contributed by atoms with Gasteiger partial charge in [-0.05, 0) is 24.3 Å². The Morgan fingerprint density at radius 2 is 2.17 bits per heavy atom. The van der Waals surface area contributed by atoms with Crippen molar-refractivity contribution in [3.05, 3.63) is 30.5 Å². The number of hydrazine groups is 1. The number of rotatable bonds is 1. The molecular formula is C9H11N3. The molecule has 0 saturated carbocycles. The molecule has 3 heteroatoms. The number of fused-ring (bicyclic) bond motifs is 1. The predicted molar refractivity (Wildman–Crippen MR) is 50.7 cm³/mol. The number of nitrogen functional groups attached to an aromatic ring is 1. The summed E-state index contributed by atoms with van der Waals surface area (Å²) in [6.07, 6.45) is 2.03. The molecule has 3 N–H and O–H groups in total. The summed E-state index contributed by atoms with van der Waals surface area (Å²) in [5, 5.41) is 1.20. The van der Waals surface area contributed by atoms with Gasteiger partial charge in [-0.15, -0.1) is 0 Å². The van der Waals surface area contributed by atoms with E-state index in [0.717, 1.165) is 5.69 Å². The highest BCUT2D eigenvalue weighted by Crippen LogP contribution is 2.18. The van der Waals surface area contributed by atoms with E-state index in [0.29, 0.717) is 0 Å². The molecule has 0 aliphatic carbocycles. The van der Waals surface area contributed by atoms with Gasteiger partial charge in [0, 0.05) is 29.8 Å². The fourth-order valence-electron chi connectivity index (χ4n) is 1.37. The van der Waals surface area contributed by atoms with E-state index in [1.54, 1.807) is 0 Å². The average Bonchev–Trinajstić information content (AvgIpc) is 2.47. The number of nitrogens with two attached hydrogens (primary N) is 1. The molecule has 1 aromatic carbocycles. The molecule has 2 aromatic rings. The van der Waals surface area contributed by atoms with E-state index >= 15 is 0 Å². The summed E-state index contributed by atoms with van der Waals surface area (Å²) in [5.41, 5.74) is 4.77. The first-order chi connectivity index (χ1) is 5.81. The van der Waals surface area contributed by atoms with Gasteiger partial charge in [0.25, 0.3) is 0 Å². The molecule has 0 atom stereocenters. The van der Waals surface area contributed by atoms with E-state index < -0.39 is 0 Å². The Labute approximate surface area is 70.8 Å². The van der Waals surface area contributed by atoms with Crippen LogP contribution in [0.3, 0.4) is 0 Å². The first kappa shape index (κ1) is 7.18. The molecule has 1 aromatic heterocycles. The number of aromatic nitrogens is 1. The zero-order chi connectivity index (χ0) is 8.55. The zero-order valence-corrected chi connectivity index (χ0v) is 6.91. The first-order valence-electron chi connectivity index (χ1n) is 3.83. The van der Waals surface area contributed by atoms with Crippen LogP contribution in [0.15, 0.2) is 30.5 Å². The summed E-state index contributed by atoms with van der Waals surface area (Å²) >= 11 is 0. The molecule has 0 spiro atoms. The van der Waals surface area contributed by atoms with Gasteiger partial charge < -0.3 is 9.99 Å². The molecule has 0 unspecified atom stereocenters. The summed E-state index contributed by atoms with van der Waals surface area (Å²) in [6, 6.07) is 8.10. The maximum atomic E-state index is 5.29. The van der Waals surface area contributed by atoms with Crippen molar-refractivity contribution in [2.24, 2.45) is 12.9 Å². The largest absolute Gasteiger partial charge is 0.351 e. The van der Waals surface area contributed by atoms with Gasteiger partial charge in [0.05, 0.1) is 0 Å². The second-order valence-electron chi connectivity index (χ2n) is 2.84. The third kappa shape index (κ3) is 0.950. The van der Waals surface area contributed by atoms with Gasteiger partial charge in [-0.25, -0.2) is 0 Å². The Hall–Kier alpha value is -1.48. The van der Waals surface area contributed by atoms with Crippen molar-refractivity contribution in [2.45, 2.75) is 0 Å². The van der Waals surface area contributed by atoms with Crippen molar-refractivity contribution in [1.82, 2.24) is 4.57 Å². The van der Waals surface area contributed by atoms with Gasteiger partial charge in [0.1, 0.15) is 0 Å². The number of anilines is 1. The molecule has 3 nitrogen and oxygen atoms in total. The Morgan fingerprint density at radius 1 is 1.33 bits per heavy atom. The molecular weight excluding hydrogens is 150 g/mol. The van der Waals surface area contributed by atoms with Crippen LogP contribution in [0.4, 0.5) is 5.69 Å². The van der Waals surface area contributed by atoms with E-state index in [9.17, 15) is 0 Å². The van der Waals surface area contributed by atoms with E-state index in [1.807, 2.05) is 31.4 Å². The molecule has 0 fully saturated rings. The van der Waals surface area contributed by atoms with Crippen molar-refractivity contribution in [3.8, 4) is 0 Å². The maximum Gasteiger partial charge on any atom is 0.0492 e. The van der Waals surface area contributed by atoms with Gasteiger partial charge in [0.2, 0.25) is 0 Å². The van der Waals surface area contributed by atoms with Crippen LogP contribution in [-0.2, 0) is 7.05 Å².